The van der Waals surface area contributed by atoms with Crippen molar-refractivity contribution in [1.29, 1.82) is 0 Å². The van der Waals surface area contributed by atoms with Gasteiger partial charge in [-0.05, 0) is 123 Å². The molecule has 4 nitrogen and oxygen atoms in total. The molecule has 0 aliphatic carbocycles. The van der Waals surface area contributed by atoms with Crippen LogP contribution in [0, 0.1) is 0 Å². The summed E-state index contributed by atoms with van der Waals surface area (Å²) in [6, 6.07) is 0. The topological polar surface area (TPSA) is 36.9 Å². The molecular formula is C46H68O4. The van der Waals surface area contributed by atoms with Crippen molar-refractivity contribution in [1.82, 2.24) is 0 Å². The zero-order chi connectivity index (χ0) is 37.6. The Morgan fingerprint density at radius 2 is 0.700 bits per heavy atom. The Balaban J connectivity index is 1.75. The number of hydrogen-bond donors (Lipinski definition) is 0. The molecule has 2 rings (SSSR count). The maximum Gasteiger partial charge on any atom is 0.164 e. The highest BCUT2D eigenvalue weighted by molar-refractivity contribution is 5.32. The predicted molar refractivity (Wildman–Crippen MR) is 215 cm³/mol. The van der Waals surface area contributed by atoms with Crippen molar-refractivity contribution in [3.63, 3.8) is 0 Å². The molecule has 2 fully saturated rings. The maximum atomic E-state index is 6.11. The summed E-state index contributed by atoms with van der Waals surface area (Å²) in [5.74, 6) is -1.02. The van der Waals surface area contributed by atoms with Crippen molar-refractivity contribution < 1.29 is 18.9 Å². The molecule has 0 aromatic rings. The lowest BCUT2D eigenvalue weighted by atomic mass is 9.96. The van der Waals surface area contributed by atoms with Crippen molar-refractivity contribution in [2.45, 2.75) is 158 Å². The molecule has 0 amide bonds. The van der Waals surface area contributed by atoms with Crippen LogP contribution >= 0.6 is 0 Å². The molecule has 276 valence electrons. The highest BCUT2D eigenvalue weighted by Crippen LogP contribution is 2.39. The minimum Gasteiger partial charge on any atom is -0.344 e. The number of ether oxygens (including phenoxy) is 4. The molecule has 2 heterocycles. The van der Waals surface area contributed by atoms with Gasteiger partial charge in [-0.3, -0.25) is 0 Å². The van der Waals surface area contributed by atoms with Gasteiger partial charge in [-0.15, -0.1) is 0 Å². The third-order valence-corrected chi connectivity index (χ3v) is 8.77. The molecular weight excluding hydrogens is 617 g/mol. The molecule has 0 aromatic heterocycles. The standard InChI is InChI=1S/C46H68O4/c1-35(23-17-25-37(3)27-19-29-39(5)31-33-41-43(7,8)49-45(11,12)47-41)21-15-16-22-36(2)24-18-26-38(4)28-20-30-40(6)32-34-42-44(9,10)50-46(13,14)48-42/h15-30,41-42H,31-34H2,1-14H3/b16-15+,23-17+,24-18+,27-19+,28-20+,35-21+,36-22+,37-25+,38-26+,39-29+,40-30+. The summed E-state index contributed by atoms with van der Waals surface area (Å²) in [6.45, 7) is 29.2. The zero-order valence-corrected chi connectivity index (χ0v) is 33.9. The van der Waals surface area contributed by atoms with E-state index in [0.717, 1.165) is 25.7 Å². The average Bonchev–Trinajstić information content (AvgIpc) is 3.34. The second-order valence-electron chi connectivity index (χ2n) is 16.0. The van der Waals surface area contributed by atoms with Crippen LogP contribution in [0.5, 0.6) is 0 Å². The Labute approximate surface area is 306 Å². The van der Waals surface area contributed by atoms with Crippen LogP contribution in [0.1, 0.15) is 123 Å². The molecule has 0 saturated carbocycles. The first-order chi connectivity index (χ1) is 23.2. The molecule has 50 heavy (non-hydrogen) atoms. The van der Waals surface area contributed by atoms with Gasteiger partial charge in [-0.25, -0.2) is 0 Å². The lowest BCUT2D eigenvalue weighted by Crippen LogP contribution is -2.33. The minimum atomic E-state index is -0.508. The summed E-state index contributed by atoms with van der Waals surface area (Å²) < 4.78 is 24.3. The molecule has 2 saturated heterocycles. The van der Waals surface area contributed by atoms with Crippen molar-refractivity contribution >= 4 is 0 Å². The smallest absolute Gasteiger partial charge is 0.164 e. The van der Waals surface area contributed by atoms with Gasteiger partial charge in [0, 0.05) is 0 Å². The highest BCUT2D eigenvalue weighted by atomic mass is 16.8. The van der Waals surface area contributed by atoms with Gasteiger partial charge < -0.3 is 18.9 Å². The van der Waals surface area contributed by atoms with E-state index in [9.17, 15) is 0 Å². The van der Waals surface area contributed by atoms with Crippen molar-refractivity contribution in [2.24, 2.45) is 0 Å². The fourth-order valence-electron chi connectivity index (χ4n) is 6.18. The summed E-state index contributed by atoms with van der Waals surface area (Å²) in [6.07, 6.45) is 38.2. The highest BCUT2D eigenvalue weighted by Gasteiger charge is 2.47. The average molecular weight is 685 g/mol. The van der Waals surface area contributed by atoms with E-state index >= 15 is 0 Å². The van der Waals surface area contributed by atoms with Gasteiger partial charge in [-0.2, -0.15) is 0 Å². The van der Waals surface area contributed by atoms with Crippen LogP contribution < -0.4 is 0 Å². The summed E-state index contributed by atoms with van der Waals surface area (Å²) in [5.41, 5.74) is 6.95. The van der Waals surface area contributed by atoms with E-state index in [2.05, 4.69) is 166 Å². The zero-order valence-electron chi connectivity index (χ0n) is 33.9. The molecule has 0 bridgehead atoms. The molecule has 0 radical (unpaired) electrons. The summed E-state index contributed by atoms with van der Waals surface area (Å²) in [5, 5.41) is 0. The van der Waals surface area contributed by atoms with Gasteiger partial charge >= 0.3 is 0 Å². The van der Waals surface area contributed by atoms with Crippen LogP contribution in [0.4, 0.5) is 0 Å². The first-order valence-corrected chi connectivity index (χ1v) is 18.4. The van der Waals surface area contributed by atoms with Crippen molar-refractivity contribution in [3.8, 4) is 0 Å². The van der Waals surface area contributed by atoms with Gasteiger partial charge in [-0.1, -0.05) is 131 Å². The molecule has 4 heteroatoms. The van der Waals surface area contributed by atoms with Crippen LogP contribution in [0.15, 0.2) is 131 Å². The van der Waals surface area contributed by atoms with Gasteiger partial charge in [0.25, 0.3) is 0 Å². The molecule has 0 spiro atoms. The van der Waals surface area contributed by atoms with Crippen molar-refractivity contribution in [3.05, 3.63) is 131 Å². The molecule has 2 aliphatic rings. The van der Waals surface area contributed by atoms with E-state index in [-0.39, 0.29) is 23.4 Å². The Hall–Kier alpha value is -3.02. The lowest BCUT2D eigenvalue weighted by Gasteiger charge is -2.23. The van der Waals surface area contributed by atoms with Gasteiger partial charge in [0.05, 0.1) is 23.4 Å². The van der Waals surface area contributed by atoms with Crippen LogP contribution in [0.25, 0.3) is 0 Å². The van der Waals surface area contributed by atoms with E-state index in [0.29, 0.717) is 0 Å². The number of allylic oxidation sites excluding steroid dienone is 22. The molecule has 2 unspecified atom stereocenters. The minimum absolute atomic E-state index is 0.106. The normalized spacial score (nSPS) is 25.2. The quantitative estimate of drug-likeness (QED) is 0.152. The summed E-state index contributed by atoms with van der Waals surface area (Å²) >= 11 is 0. The Bertz CT molecular complexity index is 1350. The Morgan fingerprint density at radius 1 is 0.420 bits per heavy atom. The van der Waals surface area contributed by atoms with Gasteiger partial charge in [0.1, 0.15) is 0 Å². The number of hydrogen-bond acceptors (Lipinski definition) is 4. The van der Waals surface area contributed by atoms with Crippen molar-refractivity contribution in [2.75, 3.05) is 0 Å². The van der Waals surface area contributed by atoms with E-state index in [1.165, 1.54) is 33.4 Å². The molecule has 2 aliphatic heterocycles. The third-order valence-electron chi connectivity index (χ3n) is 8.77. The second-order valence-corrected chi connectivity index (χ2v) is 16.0. The summed E-state index contributed by atoms with van der Waals surface area (Å²) in [4.78, 5) is 0. The Morgan fingerprint density at radius 3 is 0.980 bits per heavy atom. The monoisotopic (exact) mass is 685 g/mol. The fraction of sp³-hybridized carbons (Fsp3) is 0.522. The molecule has 0 N–H and O–H groups in total. The van der Waals surface area contributed by atoms with E-state index < -0.39 is 11.6 Å². The predicted octanol–water partition coefficient (Wildman–Crippen LogP) is 12.9. The van der Waals surface area contributed by atoms with Gasteiger partial charge in [0.15, 0.2) is 11.6 Å². The van der Waals surface area contributed by atoms with E-state index in [1.807, 2.05) is 27.7 Å². The van der Waals surface area contributed by atoms with Crippen LogP contribution in [-0.2, 0) is 18.9 Å². The number of rotatable bonds is 16. The fourth-order valence-corrected chi connectivity index (χ4v) is 6.18. The Kier molecular flexibility index (Phi) is 16.9. The second kappa shape index (κ2) is 19.6. The first kappa shape index (κ1) is 43.1. The van der Waals surface area contributed by atoms with Crippen LogP contribution in [0.3, 0.4) is 0 Å². The van der Waals surface area contributed by atoms with E-state index in [1.54, 1.807) is 0 Å². The first-order valence-electron chi connectivity index (χ1n) is 18.4. The van der Waals surface area contributed by atoms with Gasteiger partial charge in [0.2, 0.25) is 0 Å². The lowest BCUT2D eigenvalue weighted by molar-refractivity contribution is -0.158. The van der Waals surface area contributed by atoms with Crippen LogP contribution in [0.2, 0.25) is 0 Å². The third kappa shape index (κ3) is 16.8. The SMILES string of the molecule is CC(/C=C/C=C(C)/C=C/C=C(\C)CCC1OC(C)(C)OC1(C)C)=C\C=C\C=C(C)\C=C\C=C(C)\C=C\C=C(/C)CCC1OC(C)(C)OC1(C)C. The van der Waals surface area contributed by atoms with E-state index in [4.69, 9.17) is 18.9 Å². The maximum absolute atomic E-state index is 6.11. The summed E-state index contributed by atoms with van der Waals surface area (Å²) in [7, 11) is 0. The van der Waals surface area contributed by atoms with Crippen LogP contribution in [-0.4, -0.2) is 35.0 Å². The molecule has 0 aromatic carbocycles. The molecule has 2 atom stereocenters. The largest absolute Gasteiger partial charge is 0.344 e.